The monoisotopic (exact) mass is 241 g/mol. The summed E-state index contributed by atoms with van der Waals surface area (Å²) in [5.41, 5.74) is 0. The van der Waals surface area contributed by atoms with E-state index in [1.807, 2.05) is 13.8 Å². The van der Waals surface area contributed by atoms with E-state index in [0.717, 1.165) is 12.6 Å². The predicted octanol–water partition coefficient (Wildman–Crippen LogP) is 0.916. The van der Waals surface area contributed by atoms with Gasteiger partial charge >= 0.3 is 5.88 Å². The Morgan fingerprint density at radius 2 is 2.29 bits per heavy atom. The van der Waals surface area contributed by atoms with Gasteiger partial charge in [-0.25, -0.2) is 0 Å². The molecule has 2 N–H and O–H groups in total. The van der Waals surface area contributed by atoms with Crippen LogP contribution in [0.25, 0.3) is 0 Å². The zero-order valence-electron chi connectivity index (χ0n) is 9.73. The van der Waals surface area contributed by atoms with Gasteiger partial charge in [0.1, 0.15) is 4.92 Å². The number of furan rings is 1. The van der Waals surface area contributed by atoms with E-state index in [4.69, 9.17) is 4.42 Å². The van der Waals surface area contributed by atoms with Gasteiger partial charge in [0, 0.05) is 12.6 Å². The Bertz CT molecular complexity index is 402. The summed E-state index contributed by atoms with van der Waals surface area (Å²) < 4.78 is 4.77. The van der Waals surface area contributed by atoms with E-state index >= 15 is 0 Å². The number of amides is 1. The molecule has 0 radical (unpaired) electrons. The molecule has 1 heterocycles. The molecule has 0 aliphatic carbocycles. The smallest absolute Gasteiger partial charge is 0.395 e. The minimum Gasteiger partial charge on any atom is -0.395 e. The van der Waals surface area contributed by atoms with Crippen LogP contribution >= 0.6 is 0 Å². The zero-order chi connectivity index (χ0) is 12.8. The molecule has 1 aromatic rings. The molecule has 7 heteroatoms. The highest BCUT2D eigenvalue weighted by molar-refractivity contribution is 5.91. The first kappa shape index (κ1) is 13.2. The van der Waals surface area contributed by atoms with Gasteiger partial charge in [0.2, 0.25) is 0 Å². The number of likely N-dealkylation sites (N-methyl/N-ethyl adjacent to an activating group) is 1. The maximum absolute atomic E-state index is 11.5. The molecule has 0 saturated heterocycles. The Kier molecular flexibility index (Phi) is 4.65. The van der Waals surface area contributed by atoms with Crippen molar-refractivity contribution in [2.75, 3.05) is 13.1 Å². The number of hydrogen-bond donors (Lipinski definition) is 2. The van der Waals surface area contributed by atoms with E-state index in [1.165, 1.54) is 6.07 Å². The third-order valence-corrected chi connectivity index (χ3v) is 2.12. The molecule has 1 amide bonds. The highest BCUT2D eigenvalue weighted by Gasteiger charge is 2.17. The van der Waals surface area contributed by atoms with E-state index in [-0.39, 0.29) is 11.8 Å². The molecule has 0 saturated carbocycles. The molecule has 0 unspecified atom stereocenters. The average Bonchev–Trinajstić information content (AvgIpc) is 2.75. The highest BCUT2D eigenvalue weighted by atomic mass is 16.6. The molecule has 1 aromatic heterocycles. The molecule has 0 spiro atoms. The standard InChI is InChI=1S/C10H15N3O4/c1-3-11-7(2)6-12-10(14)8-4-5-9(17-8)13(15)16/h4-5,7,11H,3,6H2,1-2H3,(H,12,14)/t7-/m1/s1. The molecule has 0 aromatic carbocycles. The second kappa shape index (κ2) is 6.00. The number of nitrogens with one attached hydrogen (secondary N) is 2. The Morgan fingerprint density at radius 1 is 1.59 bits per heavy atom. The minimum atomic E-state index is -0.682. The molecular weight excluding hydrogens is 226 g/mol. The molecule has 1 atom stereocenters. The van der Waals surface area contributed by atoms with Crippen LogP contribution in [-0.2, 0) is 0 Å². The topological polar surface area (TPSA) is 97.4 Å². The van der Waals surface area contributed by atoms with Gasteiger partial charge in [-0.2, -0.15) is 0 Å². The van der Waals surface area contributed by atoms with Crippen LogP contribution < -0.4 is 10.6 Å². The fourth-order valence-corrected chi connectivity index (χ4v) is 1.30. The highest BCUT2D eigenvalue weighted by Crippen LogP contribution is 2.15. The number of rotatable bonds is 6. The van der Waals surface area contributed by atoms with E-state index in [1.54, 1.807) is 0 Å². The summed E-state index contributed by atoms with van der Waals surface area (Å²) in [5, 5.41) is 16.1. The first-order valence-corrected chi connectivity index (χ1v) is 5.30. The lowest BCUT2D eigenvalue weighted by molar-refractivity contribution is -0.402. The van der Waals surface area contributed by atoms with E-state index in [0.29, 0.717) is 6.54 Å². The number of hydrogen-bond acceptors (Lipinski definition) is 5. The van der Waals surface area contributed by atoms with Crippen molar-refractivity contribution in [1.29, 1.82) is 0 Å². The number of carbonyl (C=O) groups is 1. The predicted molar refractivity (Wildman–Crippen MR) is 60.8 cm³/mol. The molecule has 17 heavy (non-hydrogen) atoms. The van der Waals surface area contributed by atoms with Crippen LogP contribution in [0.3, 0.4) is 0 Å². The summed E-state index contributed by atoms with van der Waals surface area (Å²) in [7, 11) is 0. The maximum atomic E-state index is 11.5. The van der Waals surface area contributed by atoms with Crippen molar-refractivity contribution in [3.63, 3.8) is 0 Å². The molecule has 0 fully saturated rings. The normalized spacial score (nSPS) is 12.1. The van der Waals surface area contributed by atoms with Gasteiger partial charge in [0.15, 0.2) is 5.76 Å². The third-order valence-electron chi connectivity index (χ3n) is 2.12. The van der Waals surface area contributed by atoms with Crippen molar-refractivity contribution in [1.82, 2.24) is 10.6 Å². The van der Waals surface area contributed by atoms with Crippen LogP contribution in [0.15, 0.2) is 16.5 Å². The Morgan fingerprint density at radius 3 is 2.82 bits per heavy atom. The second-order valence-corrected chi connectivity index (χ2v) is 3.56. The average molecular weight is 241 g/mol. The van der Waals surface area contributed by atoms with Gasteiger partial charge in [0.25, 0.3) is 5.91 Å². The van der Waals surface area contributed by atoms with Gasteiger partial charge in [-0.1, -0.05) is 6.92 Å². The Hall–Kier alpha value is -1.89. The van der Waals surface area contributed by atoms with Crippen molar-refractivity contribution < 1.29 is 14.1 Å². The van der Waals surface area contributed by atoms with Crippen molar-refractivity contribution in [2.24, 2.45) is 0 Å². The fraction of sp³-hybridized carbons (Fsp3) is 0.500. The summed E-state index contributed by atoms with van der Waals surface area (Å²) in [6, 6.07) is 2.57. The van der Waals surface area contributed by atoms with E-state index < -0.39 is 16.7 Å². The second-order valence-electron chi connectivity index (χ2n) is 3.56. The summed E-state index contributed by atoms with van der Waals surface area (Å²) in [4.78, 5) is 21.2. The van der Waals surface area contributed by atoms with Crippen LogP contribution in [0.4, 0.5) is 5.88 Å². The van der Waals surface area contributed by atoms with Crippen LogP contribution in [-0.4, -0.2) is 30.0 Å². The zero-order valence-corrected chi connectivity index (χ0v) is 9.73. The number of nitrogens with zero attached hydrogens (tertiary/aromatic N) is 1. The first-order chi connectivity index (χ1) is 8.04. The van der Waals surface area contributed by atoms with E-state index in [2.05, 4.69) is 10.6 Å². The van der Waals surface area contributed by atoms with Gasteiger partial charge in [-0.15, -0.1) is 0 Å². The van der Waals surface area contributed by atoms with Crippen molar-refractivity contribution in [3.8, 4) is 0 Å². The first-order valence-electron chi connectivity index (χ1n) is 5.30. The minimum absolute atomic E-state index is 0.0552. The summed E-state index contributed by atoms with van der Waals surface area (Å²) in [6.07, 6.45) is 0. The summed E-state index contributed by atoms with van der Waals surface area (Å²) in [6.45, 7) is 5.13. The SMILES string of the molecule is CCN[C@H](C)CNC(=O)c1ccc([N+](=O)[O-])o1. The lowest BCUT2D eigenvalue weighted by Gasteiger charge is -2.12. The molecular formula is C10H15N3O4. The van der Waals surface area contributed by atoms with Gasteiger partial charge in [-0.05, 0) is 19.5 Å². The lowest BCUT2D eigenvalue weighted by Crippen LogP contribution is -2.38. The molecule has 0 bridgehead atoms. The van der Waals surface area contributed by atoms with Gasteiger partial charge in [0.05, 0.1) is 6.07 Å². The molecule has 7 nitrogen and oxygen atoms in total. The van der Waals surface area contributed by atoms with Crippen molar-refractivity contribution in [2.45, 2.75) is 19.9 Å². The molecule has 94 valence electrons. The number of nitro groups is 1. The molecule has 1 rings (SSSR count). The van der Waals surface area contributed by atoms with Gasteiger partial charge in [-0.3, -0.25) is 14.9 Å². The lowest BCUT2D eigenvalue weighted by atomic mass is 10.3. The Labute approximate surface area is 98.3 Å². The van der Waals surface area contributed by atoms with Crippen LogP contribution in [0.1, 0.15) is 24.4 Å². The molecule has 0 aliphatic rings. The van der Waals surface area contributed by atoms with Crippen LogP contribution in [0, 0.1) is 10.1 Å². The van der Waals surface area contributed by atoms with Crippen molar-refractivity contribution in [3.05, 3.63) is 28.0 Å². The third kappa shape index (κ3) is 3.87. The van der Waals surface area contributed by atoms with E-state index in [9.17, 15) is 14.9 Å². The van der Waals surface area contributed by atoms with Crippen LogP contribution in [0.5, 0.6) is 0 Å². The Balaban J connectivity index is 2.49. The summed E-state index contributed by atoms with van der Waals surface area (Å²) >= 11 is 0. The largest absolute Gasteiger partial charge is 0.433 e. The number of carbonyl (C=O) groups excluding carboxylic acids is 1. The molecule has 0 aliphatic heterocycles. The van der Waals surface area contributed by atoms with Crippen molar-refractivity contribution >= 4 is 11.8 Å². The fourth-order valence-electron chi connectivity index (χ4n) is 1.30. The van der Waals surface area contributed by atoms with Gasteiger partial charge < -0.3 is 15.1 Å². The maximum Gasteiger partial charge on any atom is 0.433 e. The van der Waals surface area contributed by atoms with Crippen LogP contribution in [0.2, 0.25) is 0 Å². The quantitative estimate of drug-likeness (QED) is 0.570. The summed E-state index contributed by atoms with van der Waals surface area (Å²) in [5.74, 6) is -0.946.